The number of nitrogens with zero attached hydrogens (tertiary/aromatic N) is 3. The predicted octanol–water partition coefficient (Wildman–Crippen LogP) is 4.66. The summed E-state index contributed by atoms with van der Waals surface area (Å²) < 4.78 is 0. The standard InChI is InChI=1S/C25H34N3OS.Cu/c1-30-15-14-23(18-29)28(16-21-12-10-19-6-2-4-8-24(19)26-21)17-22-13-11-20-7-3-5-9-25(20)27-22;/h2-6,9-10,12,20-21,23-24,29H,7-8,11,13-18H2,1H3;/q-1;+2/t20-,21-,23?,24-;/m0./s1. The Balaban J connectivity index is 0.00000272. The third kappa shape index (κ3) is 6.56. The number of aliphatic hydroxyl groups excluding tert-OH is 1. The molecule has 4 nitrogen and oxygen atoms in total. The van der Waals surface area contributed by atoms with Crippen molar-refractivity contribution in [2.45, 2.75) is 50.2 Å². The fraction of sp³-hybridized carbons (Fsp3) is 0.560. The molecular weight excluding hydrogens is 454 g/mol. The molecule has 0 saturated heterocycles. The van der Waals surface area contributed by atoms with Gasteiger partial charge in [0.25, 0.3) is 0 Å². The normalized spacial score (nSPS) is 27.6. The van der Waals surface area contributed by atoms with Gasteiger partial charge in [0.2, 0.25) is 0 Å². The molecule has 0 aromatic carbocycles. The molecule has 1 radical (unpaired) electrons. The van der Waals surface area contributed by atoms with E-state index in [1.807, 2.05) is 11.8 Å². The molecule has 1 unspecified atom stereocenters. The van der Waals surface area contributed by atoms with Crippen LogP contribution in [0.5, 0.6) is 0 Å². The molecule has 1 N–H and O–H groups in total. The van der Waals surface area contributed by atoms with Gasteiger partial charge in [-0.15, -0.1) is 18.2 Å². The maximum Gasteiger partial charge on any atom is 2.00 e. The summed E-state index contributed by atoms with van der Waals surface area (Å²) >= 11 is 1.85. The van der Waals surface area contributed by atoms with E-state index in [0.717, 1.165) is 44.5 Å². The molecule has 0 amide bonds. The van der Waals surface area contributed by atoms with Crippen molar-refractivity contribution >= 4 is 17.5 Å². The Hall–Kier alpha value is -0.881. The Morgan fingerprint density at radius 1 is 1.26 bits per heavy atom. The monoisotopic (exact) mass is 487 g/mol. The van der Waals surface area contributed by atoms with E-state index in [9.17, 15) is 5.11 Å². The topological polar surface area (TPSA) is 49.9 Å². The second-order valence-electron chi connectivity index (χ2n) is 8.64. The minimum Gasteiger partial charge on any atom is -0.648 e. The first-order valence-corrected chi connectivity index (χ1v) is 12.7. The fourth-order valence-electron chi connectivity index (χ4n) is 4.77. The van der Waals surface area contributed by atoms with Crippen molar-refractivity contribution in [1.29, 1.82) is 0 Å². The van der Waals surface area contributed by atoms with Crippen LogP contribution in [0.4, 0.5) is 0 Å². The third-order valence-corrected chi connectivity index (χ3v) is 7.20. The van der Waals surface area contributed by atoms with Crippen molar-refractivity contribution < 1.29 is 22.2 Å². The van der Waals surface area contributed by atoms with E-state index in [0.29, 0.717) is 5.92 Å². The molecule has 6 heteroatoms. The van der Waals surface area contributed by atoms with Crippen molar-refractivity contribution in [3.8, 4) is 0 Å². The van der Waals surface area contributed by atoms with Crippen LogP contribution in [0.15, 0.2) is 64.9 Å². The zero-order valence-electron chi connectivity index (χ0n) is 18.3. The molecule has 4 aliphatic rings. The molecule has 4 rings (SSSR count). The van der Waals surface area contributed by atoms with E-state index in [1.165, 1.54) is 23.4 Å². The van der Waals surface area contributed by atoms with Crippen molar-refractivity contribution in [2.24, 2.45) is 10.9 Å². The molecule has 0 aromatic heterocycles. The second kappa shape index (κ2) is 12.4. The minimum absolute atomic E-state index is 0. The number of hydrogen-bond donors (Lipinski definition) is 1. The third-order valence-electron chi connectivity index (χ3n) is 6.55. The Morgan fingerprint density at radius 2 is 2.10 bits per heavy atom. The fourth-order valence-corrected chi connectivity index (χ4v) is 5.28. The first-order chi connectivity index (χ1) is 14.8. The summed E-state index contributed by atoms with van der Waals surface area (Å²) in [4.78, 5) is 7.48. The molecule has 171 valence electrons. The van der Waals surface area contributed by atoms with Gasteiger partial charge >= 0.3 is 17.1 Å². The van der Waals surface area contributed by atoms with Gasteiger partial charge in [-0.3, -0.25) is 9.89 Å². The number of aliphatic imine (C=N–C) groups is 1. The van der Waals surface area contributed by atoms with Crippen LogP contribution in [0.25, 0.3) is 5.32 Å². The van der Waals surface area contributed by atoms with Gasteiger partial charge in [0.15, 0.2) is 0 Å². The molecule has 0 bridgehead atoms. The molecule has 0 saturated carbocycles. The molecule has 2 heterocycles. The smallest absolute Gasteiger partial charge is 0.648 e. The van der Waals surface area contributed by atoms with Crippen LogP contribution < -0.4 is 0 Å². The quantitative estimate of drug-likeness (QED) is 0.481. The average molecular weight is 488 g/mol. The van der Waals surface area contributed by atoms with Gasteiger partial charge < -0.3 is 10.4 Å². The van der Waals surface area contributed by atoms with Gasteiger partial charge in [-0.25, -0.2) is 0 Å². The van der Waals surface area contributed by atoms with Crippen molar-refractivity contribution in [3.05, 3.63) is 65.2 Å². The minimum atomic E-state index is 0. The van der Waals surface area contributed by atoms with Crippen LogP contribution in [-0.2, 0) is 17.1 Å². The van der Waals surface area contributed by atoms with Crippen LogP contribution in [0.2, 0.25) is 0 Å². The maximum atomic E-state index is 10.2. The van der Waals surface area contributed by atoms with Crippen molar-refractivity contribution in [1.82, 2.24) is 4.90 Å². The molecule has 0 fully saturated rings. The van der Waals surface area contributed by atoms with Crippen molar-refractivity contribution in [2.75, 3.05) is 31.7 Å². The summed E-state index contributed by atoms with van der Waals surface area (Å²) in [6.07, 6.45) is 25.1. The van der Waals surface area contributed by atoms with Gasteiger partial charge in [0, 0.05) is 29.9 Å². The number of hydrogen-bond acceptors (Lipinski definition) is 4. The molecule has 4 atom stereocenters. The average Bonchev–Trinajstić information content (AvgIpc) is 2.79. The Bertz CT molecular complexity index is 786. The molecule has 0 spiro atoms. The Kier molecular flexibility index (Phi) is 9.89. The zero-order valence-corrected chi connectivity index (χ0v) is 20.0. The summed E-state index contributed by atoms with van der Waals surface area (Å²) in [7, 11) is 0. The molecule has 2 aliphatic carbocycles. The molecule has 2 aliphatic heterocycles. The van der Waals surface area contributed by atoms with E-state index >= 15 is 0 Å². The largest absolute Gasteiger partial charge is 2.00 e. The number of aliphatic hydroxyl groups is 1. The van der Waals surface area contributed by atoms with Crippen molar-refractivity contribution in [3.63, 3.8) is 0 Å². The first kappa shape index (κ1) is 24.8. The van der Waals surface area contributed by atoms with Gasteiger partial charge in [-0.1, -0.05) is 42.0 Å². The Morgan fingerprint density at radius 3 is 2.94 bits per heavy atom. The maximum absolute atomic E-state index is 10.2. The van der Waals surface area contributed by atoms with Gasteiger partial charge in [0.1, 0.15) is 0 Å². The number of fused-ring (bicyclic) bond motifs is 2. The van der Waals surface area contributed by atoms with Crippen LogP contribution in [-0.4, -0.2) is 65.5 Å². The van der Waals surface area contributed by atoms with Gasteiger partial charge in [-0.2, -0.15) is 11.8 Å². The second-order valence-corrected chi connectivity index (χ2v) is 9.62. The van der Waals surface area contributed by atoms with E-state index in [4.69, 9.17) is 10.3 Å². The van der Waals surface area contributed by atoms with Gasteiger partial charge in [-0.05, 0) is 56.7 Å². The van der Waals surface area contributed by atoms with Crippen LogP contribution in [0.1, 0.15) is 32.1 Å². The number of allylic oxidation sites excluding steroid dienone is 6. The summed E-state index contributed by atoms with van der Waals surface area (Å²) in [6, 6.07) is 0.623. The van der Waals surface area contributed by atoms with Crippen LogP contribution in [0, 0.1) is 5.92 Å². The van der Waals surface area contributed by atoms with E-state index in [1.54, 1.807) is 0 Å². The molecular formula is C25H34CuN3OS+. The summed E-state index contributed by atoms with van der Waals surface area (Å²) in [5, 5.41) is 15.3. The predicted molar refractivity (Wildman–Crippen MR) is 129 cm³/mol. The summed E-state index contributed by atoms with van der Waals surface area (Å²) in [6.45, 7) is 1.88. The van der Waals surface area contributed by atoms with E-state index < -0.39 is 0 Å². The Labute approximate surface area is 202 Å². The number of rotatable bonds is 9. The number of thioether (sulfide) groups is 1. The van der Waals surface area contributed by atoms with Gasteiger partial charge in [0.05, 0.1) is 6.61 Å². The molecule has 31 heavy (non-hydrogen) atoms. The van der Waals surface area contributed by atoms with E-state index in [2.05, 4.69) is 59.8 Å². The summed E-state index contributed by atoms with van der Waals surface area (Å²) in [5.41, 5.74) is 3.83. The zero-order chi connectivity index (χ0) is 20.8. The molecule has 0 aromatic rings. The summed E-state index contributed by atoms with van der Waals surface area (Å²) in [5.74, 6) is 1.66. The van der Waals surface area contributed by atoms with E-state index in [-0.39, 0.29) is 41.8 Å². The SMILES string of the molecule is CSCCC(CO)N(CC1=NC2=CC=CC[C@H]2CC1)C[C@@H]1C=CC2=CC=CC[C@@H]2[N-]1.[Cu+2]. The van der Waals surface area contributed by atoms with Crippen LogP contribution >= 0.6 is 11.8 Å². The first-order valence-electron chi connectivity index (χ1n) is 11.3. The van der Waals surface area contributed by atoms with Crippen LogP contribution in [0.3, 0.4) is 0 Å².